The first-order chi connectivity index (χ1) is 12.1. The van der Waals surface area contributed by atoms with Crippen molar-refractivity contribution < 1.29 is 14.3 Å². The highest BCUT2D eigenvalue weighted by atomic mass is 16.5. The summed E-state index contributed by atoms with van der Waals surface area (Å²) in [5, 5.41) is 6.53. The SMILES string of the molecule is COc1ccc(CC(=O)NC(C)C(=O)NN=Cc2ccccc2)cc1. The van der Waals surface area contributed by atoms with Gasteiger partial charge in [0.15, 0.2) is 0 Å². The predicted octanol–water partition coefficient (Wildman–Crippen LogP) is 1.89. The van der Waals surface area contributed by atoms with Gasteiger partial charge in [0.2, 0.25) is 5.91 Å². The second-order valence-electron chi connectivity index (χ2n) is 5.46. The van der Waals surface area contributed by atoms with Gasteiger partial charge >= 0.3 is 0 Å². The standard InChI is InChI=1S/C19H21N3O3/c1-14(19(24)22-20-13-16-6-4-3-5-7-16)21-18(23)12-15-8-10-17(25-2)11-9-15/h3-11,13-14H,12H2,1-2H3,(H,21,23)(H,22,24). The highest BCUT2D eigenvalue weighted by molar-refractivity contribution is 5.89. The van der Waals surface area contributed by atoms with Crippen LogP contribution in [0.25, 0.3) is 0 Å². The third-order valence-electron chi connectivity index (χ3n) is 3.48. The van der Waals surface area contributed by atoms with Crippen LogP contribution in [0.1, 0.15) is 18.1 Å². The Hall–Kier alpha value is -3.15. The average molecular weight is 339 g/mol. The lowest BCUT2D eigenvalue weighted by molar-refractivity contribution is -0.128. The van der Waals surface area contributed by atoms with Crippen LogP contribution in [0, 0.1) is 0 Å². The second-order valence-corrected chi connectivity index (χ2v) is 5.46. The van der Waals surface area contributed by atoms with Crippen molar-refractivity contribution >= 4 is 18.0 Å². The van der Waals surface area contributed by atoms with Crippen LogP contribution in [0.2, 0.25) is 0 Å². The van der Waals surface area contributed by atoms with Gasteiger partial charge in [0, 0.05) is 0 Å². The summed E-state index contributed by atoms with van der Waals surface area (Å²) in [7, 11) is 1.59. The molecule has 0 radical (unpaired) electrons. The number of hydrazone groups is 1. The Kier molecular flexibility index (Phi) is 6.71. The maximum Gasteiger partial charge on any atom is 0.262 e. The van der Waals surface area contributed by atoms with E-state index in [-0.39, 0.29) is 18.2 Å². The zero-order valence-corrected chi connectivity index (χ0v) is 14.2. The summed E-state index contributed by atoms with van der Waals surface area (Å²) in [6.45, 7) is 1.61. The number of hydrogen-bond donors (Lipinski definition) is 2. The maximum atomic E-state index is 12.0. The average Bonchev–Trinajstić information content (AvgIpc) is 2.63. The zero-order chi connectivity index (χ0) is 18.1. The molecule has 0 aliphatic carbocycles. The van der Waals surface area contributed by atoms with Crippen molar-refractivity contribution in [2.24, 2.45) is 5.10 Å². The van der Waals surface area contributed by atoms with Crippen molar-refractivity contribution in [3.8, 4) is 5.75 Å². The molecule has 2 aromatic carbocycles. The van der Waals surface area contributed by atoms with Gasteiger partial charge in [-0.25, -0.2) is 5.43 Å². The number of carbonyl (C=O) groups is 2. The molecule has 2 N–H and O–H groups in total. The quantitative estimate of drug-likeness (QED) is 0.597. The first-order valence-electron chi connectivity index (χ1n) is 7.88. The van der Waals surface area contributed by atoms with Crippen molar-refractivity contribution in [3.05, 3.63) is 65.7 Å². The minimum absolute atomic E-state index is 0.189. The Balaban J connectivity index is 1.79. The molecule has 130 valence electrons. The Morgan fingerprint density at radius 3 is 2.44 bits per heavy atom. The molecule has 0 aliphatic heterocycles. The lowest BCUT2D eigenvalue weighted by Crippen LogP contribution is -2.43. The molecule has 1 unspecified atom stereocenters. The molecular formula is C19H21N3O3. The van der Waals surface area contributed by atoms with E-state index < -0.39 is 6.04 Å². The number of methoxy groups -OCH3 is 1. The van der Waals surface area contributed by atoms with Crippen LogP contribution in [-0.4, -0.2) is 31.2 Å². The molecule has 6 nitrogen and oxygen atoms in total. The van der Waals surface area contributed by atoms with Gasteiger partial charge in [-0.2, -0.15) is 5.10 Å². The first-order valence-corrected chi connectivity index (χ1v) is 7.88. The van der Waals surface area contributed by atoms with E-state index in [0.29, 0.717) is 0 Å². The predicted molar refractivity (Wildman–Crippen MR) is 96.5 cm³/mol. The van der Waals surface area contributed by atoms with Crippen LogP contribution in [-0.2, 0) is 16.0 Å². The topological polar surface area (TPSA) is 79.8 Å². The normalized spacial score (nSPS) is 11.8. The first kappa shape index (κ1) is 18.2. The molecule has 0 saturated carbocycles. The Morgan fingerprint density at radius 1 is 1.12 bits per heavy atom. The van der Waals surface area contributed by atoms with Crippen LogP contribution in [0.3, 0.4) is 0 Å². The smallest absolute Gasteiger partial charge is 0.262 e. The minimum atomic E-state index is -0.682. The van der Waals surface area contributed by atoms with E-state index in [1.54, 1.807) is 32.4 Å². The van der Waals surface area contributed by atoms with E-state index in [4.69, 9.17) is 4.74 Å². The highest BCUT2D eigenvalue weighted by Crippen LogP contribution is 2.11. The van der Waals surface area contributed by atoms with E-state index in [9.17, 15) is 9.59 Å². The van der Waals surface area contributed by atoms with E-state index in [0.717, 1.165) is 16.9 Å². The van der Waals surface area contributed by atoms with E-state index in [1.165, 1.54) is 0 Å². The molecule has 0 aliphatic rings. The number of hydrogen-bond acceptors (Lipinski definition) is 4. The summed E-state index contributed by atoms with van der Waals surface area (Å²) in [6, 6.07) is 15.9. The van der Waals surface area contributed by atoms with Gasteiger partial charge in [-0.05, 0) is 30.2 Å². The minimum Gasteiger partial charge on any atom is -0.497 e. The molecule has 1 atom stereocenters. The van der Waals surface area contributed by atoms with E-state index >= 15 is 0 Å². The van der Waals surface area contributed by atoms with Gasteiger partial charge in [0.1, 0.15) is 11.8 Å². The van der Waals surface area contributed by atoms with Crippen LogP contribution < -0.4 is 15.5 Å². The molecule has 0 saturated heterocycles. The van der Waals surface area contributed by atoms with Crippen molar-refractivity contribution in [2.75, 3.05) is 7.11 Å². The fraction of sp³-hybridized carbons (Fsp3) is 0.211. The molecular weight excluding hydrogens is 318 g/mol. The Labute approximate surface area is 146 Å². The number of carbonyl (C=O) groups excluding carboxylic acids is 2. The summed E-state index contributed by atoms with van der Waals surface area (Å²) in [5.41, 5.74) is 4.13. The molecule has 25 heavy (non-hydrogen) atoms. The van der Waals surface area contributed by atoms with E-state index in [1.807, 2.05) is 42.5 Å². The molecule has 0 spiro atoms. The van der Waals surface area contributed by atoms with Crippen molar-refractivity contribution in [2.45, 2.75) is 19.4 Å². The third kappa shape index (κ3) is 6.10. The summed E-state index contributed by atoms with van der Waals surface area (Å²) < 4.78 is 5.07. The number of amides is 2. The molecule has 2 rings (SSSR count). The fourth-order valence-corrected chi connectivity index (χ4v) is 2.09. The molecule has 0 heterocycles. The molecule has 2 aromatic rings. The van der Waals surface area contributed by atoms with Gasteiger partial charge in [0.25, 0.3) is 5.91 Å². The number of nitrogens with zero attached hydrogens (tertiary/aromatic N) is 1. The van der Waals surface area contributed by atoms with Gasteiger partial charge in [-0.3, -0.25) is 9.59 Å². The number of ether oxygens (including phenoxy) is 1. The number of nitrogens with one attached hydrogen (secondary N) is 2. The number of rotatable bonds is 7. The monoisotopic (exact) mass is 339 g/mol. The van der Waals surface area contributed by atoms with Crippen molar-refractivity contribution in [1.29, 1.82) is 0 Å². The number of benzene rings is 2. The Morgan fingerprint density at radius 2 is 1.80 bits per heavy atom. The molecule has 0 bridgehead atoms. The highest BCUT2D eigenvalue weighted by Gasteiger charge is 2.15. The molecule has 0 aromatic heterocycles. The molecule has 2 amide bonds. The zero-order valence-electron chi connectivity index (χ0n) is 14.2. The lowest BCUT2D eigenvalue weighted by Gasteiger charge is -2.12. The Bertz CT molecular complexity index is 727. The third-order valence-corrected chi connectivity index (χ3v) is 3.48. The maximum absolute atomic E-state index is 12.0. The fourth-order valence-electron chi connectivity index (χ4n) is 2.09. The lowest BCUT2D eigenvalue weighted by atomic mass is 10.1. The summed E-state index contributed by atoms with van der Waals surface area (Å²) in [6.07, 6.45) is 1.73. The van der Waals surface area contributed by atoms with E-state index in [2.05, 4.69) is 15.8 Å². The van der Waals surface area contributed by atoms with Crippen LogP contribution in [0.4, 0.5) is 0 Å². The molecule has 0 fully saturated rings. The summed E-state index contributed by atoms with van der Waals surface area (Å²) in [5.74, 6) is 0.114. The summed E-state index contributed by atoms with van der Waals surface area (Å²) in [4.78, 5) is 24.0. The van der Waals surface area contributed by atoms with Crippen LogP contribution >= 0.6 is 0 Å². The largest absolute Gasteiger partial charge is 0.497 e. The van der Waals surface area contributed by atoms with Gasteiger partial charge in [-0.1, -0.05) is 42.5 Å². The second kappa shape index (κ2) is 9.22. The van der Waals surface area contributed by atoms with Crippen LogP contribution in [0.15, 0.2) is 59.7 Å². The van der Waals surface area contributed by atoms with Crippen molar-refractivity contribution in [1.82, 2.24) is 10.7 Å². The van der Waals surface area contributed by atoms with Crippen LogP contribution in [0.5, 0.6) is 5.75 Å². The summed E-state index contributed by atoms with van der Waals surface area (Å²) >= 11 is 0. The van der Waals surface area contributed by atoms with Crippen molar-refractivity contribution in [3.63, 3.8) is 0 Å². The van der Waals surface area contributed by atoms with Gasteiger partial charge in [-0.15, -0.1) is 0 Å². The van der Waals surface area contributed by atoms with Gasteiger partial charge in [0.05, 0.1) is 19.7 Å². The molecule has 6 heteroatoms. The van der Waals surface area contributed by atoms with Gasteiger partial charge < -0.3 is 10.1 Å².